The first-order valence-electron chi connectivity index (χ1n) is 9.40. The lowest BCUT2D eigenvalue weighted by Gasteiger charge is -2.32. The fourth-order valence-electron chi connectivity index (χ4n) is 3.45. The van der Waals surface area contributed by atoms with Crippen LogP contribution in [0.2, 0.25) is 5.02 Å². The van der Waals surface area contributed by atoms with Gasteiger partial charge >= 0.3 is 0 Å². The van der Waals surface area contributed by atoms with Gasteiger partial charge in [0.05, 0.1) is 12.5 Å². The van der Waals surface area contributed by atoms with E-state index in [1.54, 1.807) is 0 Å². The van der Waals surface area contributed by atoms with Gasteiger partial charge in [-0.1, -0.05) is 42.8 Å². The van der Waals surface area contributed by atoms with Gasteiger partial charge in [-0.25, -0.2) is 0 Å². The zero-order valence-electron chi connectivity index (χ0n) is 15.5. The van der Waals surface area contributed by atoms with Crippen LogP contribution in [0, 0.1) is 5.92 Å². The predicted octanol–water partition coefficient (Wildman–Crippen LogP) is 5.00. The van der Waals surface area contributed by atoms with Crippen LogP contribution < -0.4 is 10.2 Å². The van der Waals surface area contributed by atoms with Crippen molar-refractivity contribution in [1.29, 1.82) is 0 Å². The summed E-state index contributed by atoms with van der Waals surface area (Å²) < 4.78 is 0. The molecule has 1 atom stereocenters. The van der Waals surface area contributed by atoms with Crippen molar-refractivity contribution < 1.29 is 4.79 Å². The Morgan fingerprint density at radius 3 is 2.54 bits per heavy atom. The van der Waals surface area contributed by atoms with Crippen LogP contribution in [-0.4, -0.2) is 19.0 Å². The highest BCUT2D eigenvalue weighted by molar-refractivity contribution is 6.30. The zero-order valence-corrected chi connectivity index (χ0v) is 16.3. The molecular formula is C22H27ClN2O. The lowest BCUT2D eigenvalue weighted by atomic mass is 9.98. The molecule has 1 fully saturated rings. The fraction of sp³-hybridized carbons (Fsp3) is 0.409. The smallest absolute Gasteiger partial charge is 0.224 e. The first-order valence-corrected chi connectivity index (χ1v) is 9.78. The number of hydrogen-bond acceptors (Lipinski definition) is 2. The van der Waals surface area contributed by atoms with E-state index >= 15 is 0 Å². The molecule has 0 radical (unpaired) electrons. The number of nitrogens with one attached hydrogen (secondary N) is 1. The number of benzene rings is 2. The second-order valence-corrected chi connectivity index (χ2v) is 7.79. The van der Waals surface area contributed by atoms with E-state index in [2.05, 4.69) is 41.4 Å². The topological polar surface area (TPSA) is 32.3 Å². The summed E-state index contributed by atoms with van der Waals surface area (Å²) in [6.07, 6.45) is 2.87. The van der Waals surface area contributed by atoms with Crippen molar-refractivity contribution in [3.8, 4) is 0 Å². The van der Waals surface area contributed by atoms with Crippen molar-refractivity contribution in [1.82, 2.24) is 5.32 Å². The lowest BCUT2D eigenvalue weighted by molar-refractivity contribution is -0.121. The van der Waals surface area contributed by atoms with Crippen LogP contribution in [0.3, 0.4) is 0 Å². The van der Waals surface area contributed by atoms with E-state index in [0.29, 0.717) is 11.4 Å². The largest absolute Gasteiger partial charge is 0.372 e. The van der Waals surface area contributed by atoms with Gasteiger partial charge in [0.1, 0.15) is 0 Å². The third-order valence-corrected chi connectivity index (χ3v) is 5.41. The van der Waals surface area contributed by atoms with Crippen LogP contribution in [0.25, 0.3) is 0 Å². The Kier molecular flexibility index (Phi) is 6.20. The molecule has 2 aromatic rings. The number of carbonyl (C=O) groups excluding carboxylic acids is 1. The Balaban J connectivity index is 1.56. The van der Waals surface area contributed by atoms with Gasteiger partial charge in [-0.2, -0.15) is 0 Å². The number of halogens is 1. The number of amides is 1. The van der Waals surface area contributed by atoms with Crippen molar-refractivity contribution in [2.75, 3.05) is 18.0 Å². The summed E-state index contributed by atoms with van der Waals surface area (Å²) in [7, 11) is 0. The third kappa shape index (κ3) is 5.01. The van der Waals surface area contributed by atoms with E-state index in [1.807, 2.05) is 31.2 Å². The Morgan fingerprint density at radius 1 is 1.19 bits per heavy atom. The van der Waals surface area contributed by atoms with E-state index < -0.39 is 0 Å². The molecule has 26 heavy (non-hydrogen) atoms. The van der Waals surface area contributed by atoms with Crippen LogP contribution >= 0.6 is 11.6 Å². The normalized spacial score (nSPS) is 16.3. The van der Waals surface area contributed by atoms with Gasteiger partial charge in [-0.05, 0) is 61.1 Å². The van der Waals surface area contributed by atoms with E-state index in [1.165, 1.54) is 18.5 Å². The van der Waals surface area contributed by atoms with Gasteiger partial charge in [-0.15, -0.1) is 0 Å². The molecule has 4 heteroatoms. The number of carbonyl (C=O) groups is 1. The summed E-state index contributed by atoms with van der Waals surface area (Å²) in [5.74, 6) is 0.842. The van der Waals surface area contributed by atoms with Gasteiger partial charge in [0.25, 0.3) is 0 Å². The van der Waals surface area contributed by atoms with Crippen molar-refractivity contribution in [3.63, 3.8) is 0 Å². The average molecular weight is 371 g/mol. The minimum Gasteiger partial charge on any atom is -0.372 e. The van der Waals surface area contributed by atoms with E-state index in [-0.39, 0.29) is 11.9 Å². The summed E-state index contributed by atoms with van der Waals surface area (Å²) >= 11 is 5.98. The van der Waals surface area contributed by atoms with Crippen molar-refractivity contribution in [2.45, 2.75) is 39.2 Å². The number of nitrogens with zero attached hydrogens (tertiary/aromatic N) is 1. The second-order valence-electron chi connectivity index (χ2n) is 7.36. The van der Waals surface area contributed by atoms with Crippen LogP contribution in [0.15, 0.2) is 48.5 Å². The van der Waals surface area contributed by atoms with Crippen LogP contribution in [0.4, 0.5) is 5.69 Å². The number of anilines is 1. The lowest BCUT2D eigenvalue weighted by Crippen LogP contribution is -2.32. The molecule has 1 N–H and O–H groups in total. The van der Waals surface area contributed by atoms with Crippen LogP contribution in [0.1, 0.15) is 43.9 Å². The molecule has 0 aromatic heterocycles. The molecule has 1 amide bonds. The van der Waals surface area contributed by atoms with Crippen molar-refractivity contribution in [3.05, 3.63) is 64.7 Å². The Bertz CT molecular complexity index is 736. The molecular weight excluding hydrogens is 344 g/mol. The van der Waals surface area contributed by atoms with E-state index in [9.17, 15) is 4.79 Å². The molecule has 0 saturated carbocycles. The maximum Gasteiger partial charge on any atom is 0.224 e. The third-order valence-electron chi connectivity index (χ3n) is 5.17. The van der Waals surface area contributed by atoms with Gasteiger partial charge < -0.3 is 10.2 Å². The van der Waals surface area contributed by atoms with Gasteiger partial charge in [0.15, 0.2) is 0 Å². The molecule has 138 valence electrons. The highest BCUT2D eigenvalue weighted by Crippen LogP contribution is 2.24. The van der Waals surface area contributed by atoms with Gasteiger partial charge in [0.2, 0.25) is 5.91 Å². The maximum atomic E-state index is 12.3. The Labute approximate surface area is 161 Å². The minimum absolute atomic E-state index is 0.00820. The van der Waals surface area contributed by atoms with Crippen LogP contribution in [0.5, 0.6) is 0 Å². The number of rotatable bonds is 5. The SMILES string of the molecule is CC1CCN(c2ccc(C(C)NC(=O)Cc3cccc(Cl)c3)cc2)CC1. The molecule has 1 aliphatic rings. The number of hydrogen-bond donors (Lipinski definition) is 1. The fourth-order valence-corrected chi connectivity index (χ4v) is 3.66. The Hall–Kier alpha value is -2.00. The quantitative estimate of drug-likeness (QED) is 0.803. The van der Waals surface area contributed by atoms with Crippen LogP contribution in [-0.2, 0) is 11.2 Å². The molecule has 1 unspecified atom stereocenters. The first-order chi connectivity index (χ1) is 12.5. The monoisotopic (exact) mass is 370 g/mol. The highest BCUT2D eigenvalue weighted by Gasteiger charge is 2.16. The summed E-state index contributed by atoms with van der Waals surface area (Å²) in [4.78, 5) is 14.7. The molecule has 2 aromatic carbocycles. The zero-order chi connectivity index (χ0) is 18.5. The van der Waals surface area contributed by atoms with E-state index in [4.69, 9.17) is 11.6 Å². The molecule has 3 nitrogen and oxygen atoms in total. The van der Waals surface area contributed by atoms with Crippen molar-refractivity contribution >= 4 is 23.2 Å². The Morgan fingerprint density at radius 2 is 1.88 bits per heavy atom. The average Bonchev–Trinajstić information content (AvgIpc) is 2.62. The van der Waals surface area contributed by atoms with Gasteiger partial charge in [0, 0.05) is 23.8 Å². The standard InChI is InChI=1S/C22H27ClN2O/c1-16-10-12-25(13-11-16)21-8-6-19(7-9-21)17(2)24-22(26)15-18-4-3-5-20(23)14-18/h3-9,14,16-17H,10-13,15H2,1-2H3,(H,24,26). The number of piperidine rings is 1. The summed E-state index contributed by atoms with van der Waals surface area (Å²) in [6, 6.07) is 16.0. The first kappa shape index (κ1) is 18.8. The summed E-state index contributed by atoms with van der Waals surface area (Å²) in [6.45, 7) is 6.61. The second kappa shape index (κ2) is 8.59. The molecule has 1 saturated heterocycles. The molecule has 1 aliphatic heterocycles. The molecule has 0 aliphatic carbocycles. The maximum absolute atomic E-state index is 12.3. The molecule has 3 rings (SSSR count). The summed E-state index contributed by atoms with van der Waals surface area (Å²) in [5, 5.41) is 3.73. The molecule has 0 bridgehead atoms. The summed E-state index contributed by atoms with van der Waals surface area (Å²) in [5.41, 5.74) is 3.33. The highest BCUT2D eigenvalue weighted by atomic mass is 35.5. The molecule has 0 spiro atoms. The predicted molar refractivity (Wildman–Crippen MR) is 109 cm³/mol. The molecule has 1 heterocycles. The van der Waals surface area contributed by atoms with Gasteiger partial charge in [-0.3, -0.25) is 4.79 Å². The minimum atomic E-state index is -0.0166. The van der Waals surface area contributed by atoms with Crippen molar-refractivity contribution in [2.24, 2.45) is 5.92 Å². The van der Waals surface area contributed by atoms with E-state index in [0.717, 1.165) is 30.1 Å².